The van der Waals surface area contributed by atoms with E-state index in [1.807, 2.05) is 91.0 Å². The monoisotopic (exact) mass is 361 g/mol. The standard InChI is InChI=1S/C23H23NO3/c1-17(25)21(22(26)27)24-23(18-11-5-2-6-12-18,19-13-7-3-8-14-19)20-15-9-4-10-16-20/h2-17,21,24-25H,1H3,(H,26,27). The molecule has 0 bridgehead atoms. The van der Waals surface area contributed by atoms with Crippen LogP contribution >= 0.6 is 0 Å². The van der Waals surface area contributed by atoms with Gasteiger partial charge in [0.1, 0.15) is 6.04 Å². The van der Waals surface area contributed by atoms with Crippen LogP contribution in [0.5, 0.6) is 0 Å². The zero-order valence-corrected chi connectivity index (χ0v) is 15.1. The molecule has 2 unspecified atom stereocenters. The Morgan fingerprint density at radius 1 is 0.778 bits per heavy atom. The zero-order valence-electron chi connectivity index (χ0n) is 15.1. The number of carbonyl (C=O) groups is 1. The van der Waals surface area contributed by atoms with E-state index in [-0.39, 0.29) is 0 Å². The molecule has 3 N–H and O–H groups in total. The second-order valence-corrected chi connectivity index (χ2v) is 6.55. The first-order valence-electron chi connectivity index (χ1n) is 8.91. The van der Waals surface area contributed by atoms with Crippen LogP contribution in [0.1, 0.15) is 23.6 Å². The van der Waals surface area contributed by atoms with Gasteiger partial charge in [0.25, 0.3) is 0 Å². The quantitative estimate of drug-likeness (QED) is 0.564. The summed E-state index contributed by atoms with van der Waals surface area (Å²) < 4.78 is 0. The van der Waals surface area contributed by atoms with Gasteiger partial charge in [0.15, 0.2) is 0 Å². The van der Waals surface area contributed by atoms with Crippen LogP contribution in [0.2, 0.25) is 0 Å². The smallest absolute Gasteiger partial charge is 0.323 e. The lowest BCUT2D eigenvalue weighted by molar-refractivity contribution is -0.142. The summed E-state index contributed by atoms with van der Waals surface area (Å²) in [6, 6.07) is 28.0. The van der Waals surface area contributed by atoms with Gasteiger partial charge in [0.2, 0.25) is 0 Å². The topological polar surface area (TPSA) is 69.6 Å². The average molecular weight is 361 g/mol. The van der Waals surface area contributed by atoms with Crippen LogP contribution in [0.15, 0.2) is 91.0 Å². The molecule has 0 saturated carbocycles. The molecule has 4 nitrogen and oxygen atoms in total. The number of hydrogen-bond acceptors (Lipinski definition) is 3. The van der Waals surface area contributed by atoms with Gasteiger partial charge in [-0.25, -0.2) is 0 Å². The van der Waals surface area contributed by atoms with Gasteiger partial charge in [0.05, 0.1) is 11.6 Å². The van der Waals surface area contributed by atoms with Crippen LogP contribution in [0, 0.1) is 0 Å². The maximum atomic E-state index is 11.9. The van der Waals surface area contributed by atoms with Gasteiger partial charge < -0.3 is 10.2 Å². The third-order valence-electron chi connectivity index (χ3n) is 4.74. The minimum atomic E-state index is -1.15. The van der Waals surface area contributed by atoms with Gasteiger partial charge in [0, 0.05) is 0 Å². The maximum Gasteiger partial charge on any atom is 0.323 e. The van der Waals surface area contributed by atoms with E-state index in [1.54, 1.807) is 0 Å². The lowest BCUT2D eigenvalue weighted by Gasteiger charge is -2.39. The lowest BCUT2D eigenvalue weighted by atomic mass is 9.76. The third kappa shape index (κ3) is 3.77. The van der Waals surface area contributed by atoms with Gasteiger partial charge in [-0.3, -0.25) is 10.1 Å². The Balaban J connectivity index is 2.30. The van der Waals surface area contributed by atoms with E-state index in [0.29, 0.717) is 0 Å². The fraction of sp³-hybridized carbons (Fsp3) is 0.174. The van der Waals surface area contributed by atoms with E-state index < -0.39 is 23.7 Å². The fourth-order valence-electron chi connectivity index (χ4n) is 3.44. The summed E-state index contributed by atoms with van der Waals surface area (Å²) in [5.41, 5.74) is 1.77. The van der Waals surface area contributed by atoms with Gasteiger partial charge in [-0.1, -0.05) is 91.0 Å². The minimum Gasteiger partial charge on any atom is -0.480 e. The number of aliphatic hydroxyl groups is 1. The SMILES string of the molecule is CC(O)C(NC(c1ccccc1)(c1ccccc1)c1ccccc1)C(=O)O. The highest BCUT2D eigenvalue weighted by molar-refractivity contribution is 5.75. The molecule has 4 heteroatoms. The molecule has 3 aromatic carbocycles. The van der Waals surface area contributed by atoms with Crippen molar-refractivity contribution in [2.24, 2.45) is 0 Å². The van der Waals surface area contributed by atoms with E-state index in [1.165, 1.54) is 6.92 Å². The van der Waals surface area contributed by atoms with Crippen molar-refractivity contribution < 1.29 is 15.0 Å². The first-order valence-corrected chi connectivity index (χ1v) is 8.91. The highest BCUT2D eigenvalue weighted by Gasteiger charge is 2.41. The fourth-order valence-corrected chi connectivity index (χ4v) is 3.44. The summed E-state index contributed by atoms with van der Waals surface area (Å²) in [4.78, 5) is 11.9. The van der Waals surface area contributed by atoms with Crippen LogP contribution in [0.4, 0.5) is 0 Å². The van der Waals surface area contributed by atoms with E-state index >= 15 is 0 Å². The predicted octanol–water partition coefficient (Wildman–Crippen LogP) is 3.40. The summed E-state index contributed by atoms with van der Waals surface area (Å²) >= 11 is 0. The van der Waals surface area contributed by atoms with Crippen LogP contribution in [0.3, 0.4) is 0 Å². The van der Waals surface area contributed by atoms with Crippen LogP contribution in [-0.4, -0.2) is 28.3 Å². The molecular formula is C23H23NO3. The Bertz CT molecular complexity index is 767. The van der Waals surface area contributed by atoms with Crippen molar-refractivity contribution in [3.8, 4) is 0 Å². The number of aliphatic carboxylic acids is 1. The van der Waals surface area contributed by atoms with Crippen molar-refractivity contribution in [1.29, 1.82) is 0 Å². The third-order valence-corrected chi connectivity index (χ3v) is 4.74. The first kappa shape index (κ1) is 18.8. The van der Waals surface area contributed by atoms with Crippen molar-refractivity contribution >= 4 is 5.97 Å². The molecule has 0 heterocycles. The number of carboxylic acids is 1. The number of nitrogens with one attached hydrogen (secondary N) is 1. The first-order chi connectivity index (χ1) is 13.1. The number of carboxylic acid groups (broad SMARTS) is 1. The van der Waals surface area contributed by atoms with Gasteiger partial charge in [-0.2, -0.15) is 0 Å². The molecule has 0 aromatic heterocycles. The summed E-state index contributed by atoms with van der Waals surface area (Å²) in [7, 11) is 0. The van der Waals surface area contributed by atoms with Crippen molar-refractivity contribution in [2.75, 3.05) is 0 Å². The zero-order chi connectivity index (χ0) is 19.3. The summed E-state index contributed by atoms with van der Waals surface area (Å²) in [5, 5.41) is 23.1. The van der Waals surface area contributed by atoms with Gasteiger partial charge in [-0.15, -0.1) is 0 Å². The van der Waals surface area contributed by atoms with Crippen molar-refractivity contribution in [3.05, 3.63) is 108 Å². The molecule has 2 atom stereocenters. The van der Waals surface area contributed by atoms with E-state index in [4.69, 9.17) is 0 Å². The molecule has 0 aliphatic heterocycles. The summed E-state index contributed by atoms with van der Waals surface area (Å²) in [6.07, 6.45) is -1.07. The second-order valence-electron chi connectivity index (χ2n) is 6.55. The Hall–Kier alpha value is -2.95. The lowest BCUT2D eigenvalue weighted by Crippen LogP contribution is -2.56. The van der Waals surface area contributed by atoms with Crippen LogP contribution in [-0.2, 0) is 10.3 Å². The Morgan fingerprint density at radius 3 is 1.37 bits per heavy atom. The molecule has 0 radical (unpaired) electrons. The molecule has 3 aromatic rings. The van der Waals surface area contributed by atoms with Gasteiger partial charge in [-0.05, 0) is 23.6 Å². The molecule has 0 fully saturated rings. The maximum absolute atomic E-state index is 11.9. The molecular weight excluding hydrogens is 338 g/mol. The average Bonchev–Trinajstić information content (AvgIpc) is 2.70. The predicted molar refractivity (Wildman–Crippen MR) is 105 cm³/mol. The summed E-state index contributed by atoms with van der Waals surface area (Å²) in [6.45, 7) is 1.48. The molecule has 138 valence electrons. The Labute approximate surface area is 159 Å². The molecule has 3 rings (SSSR count). The van der Waals surface area contributed by atoms with Crippen molar-refractivity contribution in [3.63, 3.8) is 0 Å². The van der Waals surface area contributed by atoms with E-state index in [0.717, 1.165) is 16.7 Å². The summed E-state index contributed by atoms with van der Waals surface area (Å²) in [5.74, 6) is -1.10. The molecule has 0 spiro atoms. The number of rotatable bonds is 7. The number of hydrogen-bond donors (Lipinski definition) is 3. The second kappa shape index (κ2) is 8.16. The van der Waals surface area contributed by atoms with E-state index in [2.05, 4.69) is 5.32 Å². The number of benzene rings is 3. The largest absolute Gasteiger partial charge is 0.480 e. The van der Waals surface area contributed by atoms with Crippen LogP contribution in [0.25, 0.3) is 0 Å². The van der Waals surface area contributed by atoms with Crippen molar-refractivity contribution in [1.82, 2.24) is 5.32 Å². The minimum absolute atomic E-state index is 0.898. The Kier molecular flexibility index (Phi) is 5.69. The number of aliphatic hydroxyl groups excluding tert-OH is 1. The normalized spacial score (nSPS) is 13.7. The van der Waals surface area contributed by atoms with E-state index in [9.17, 15) is 15.0 Å². The molecule has 0 aliphatic rings. The molecule has 0 aliphatic carbocycles. The van der Waals surface area contributed by atoms with Crippen LogP contribution < -0.4 is 5.32 Å². The molecule has 0 amide bonds. The Morgan fingerprint density at radius 2 is 1.11 bits per heavy atom. The molecule has 0 saturated heterocycles. The van der Waals surface area contributed by atoms with Gasteiger partial charge >= 0.3 is 5.97 Å². The highest BCUT2D eigenvalue weighted by Crippen LogP contribution is 2.37. The van der Waals surface area contributed by atoms with Crippen molar-refractivity contribution in [2.45, 2.75) is 24.6 Å². The molecule has 27 heavy (non-hydrogen) atoms. The highest BCUT2D eigenvalue weighted by atomic mass is 16.4.